The summed E-state index contributed by atoms with van der Waals surface area (Å²) in [6.07, 6.45) is 6.11. The molecule has 2 aliphatic rings. The molecular weight excluding hydrogens is 188 g/mol. The van der Waals surface area contributed by atoms with E-state index >= 15 is 0 Å². The van der Waals surface area contributed by atoms with Crippen LogP contribution in [0.5, 0.6) is 0 Å². The summed E-state index contributed by atoms with van der Waals surface area (Å²) in [5.74, 6) is 1.74. The lowest BCUT2D eigenvalue weighted by molar-refractivity contribution is 0.340. The van der Waals surface area contributed by atoms with Gasteiger partial charge in [0.05, 0.1) is 5.69 Å². The van der Waals surface area contributed by atoms with Gasteiger partial charge in [0.15, 0.2) is 5.76 Å². The Labute approximate surface area is 89.5 Å². The molecular formula is C12H16N2O. The fraction of sp³-hybridized carbons (Fsp3) is 0.583. The molecule has 80 valence electrons. The van der Waals surface area contributed by atoms with Crippen molar-refractivity contribution in [3.05, 3.63) is 23.6 Å². The van der Waals surface area contributed by atoms with Crippen molar-refractivity contribution in [2.45, 2.75) is 32.2 Å². The summed E-state index contributed by atoms with van der Waals surface area (Å²) in [4.78, 5) is 0. The lowest BCUT2D eigenvalue weighted by atomic mass is 9.92. The molecule has 3 heteroatoms. The van der Waals surface area contributed by atoms with E-state index in [9.17, 15) is 0 Å². The van der Waals surface area contributed by atoms with Gasteiger partial charge in [-0.05, 0) is 44.2 Å². The summed E-state index contributed by atoms with van der Waals surface area (Å²) in [5, 5.41) is 7.49. The number of piperidine rings is 1. The first-order chi connectivity index (χ1) is 7.33. The summed E-state index contributed by atoms with van der Waals surface area (Å²) in [5.41, 5.74) is 2.30. The van der Waals surface area contributed by atoms with Crippen LogP contribution in [-0.2, 0) is 0 Å². The molecule has 0 saturated carbocycles. The molecule has 0 radical (unpaired) electrons. The number of aryl methyl sites for hydroxylation is 1. The first kappa shape index (κ1) is 9.16. The van der Waals surface area contributed by atoms with Crippen LogP contribution in [0.2, 0.25) is 0 Å². The fourth-order valence-corrected chi connectivity index (χ4v) is 2.67. The van der Waals surface area contributed by atoms with Crippen LogP contribution in [0.15, 0.2) is 16.7 Å². The summed E-state index contributed by atoms with van der Waals surface area (Å²) in [7, 11) is 0. The molecule has 3 rings (SSSR count). The summed E-state index contributed by atoms with van der Waals surface area (Å²) >= 11 is 0. The molecule has 1 aromatic heterocycles. The minimum Gasteiger partial charge on any atom is -0.356 e. The normalized spacial score (nSPS) is 30.1. The highest BCUT2D eigenvalue weighted by molar-refractivity contribution is 5.65. The van der Waals surface area contributed by atoms with Crippen LogP contribution < -0.4 is 5.32 Å². The molecule has 1 aromatic rings. The Kier molecular flexibility index (Phi) is 2.13. The maximum absolute atomic E-state index is 5.31. The zero-order valence-corrected chi connectivity index (χ0v) is 8.99. The van der Waals surface area contributed by atoms with E-state index in [0.29, 0.717) is 6.04 Å². The molecule has 1 saturated heterocycles. The Morgan fingerprint density at radius 2 is 2.47 bits per heavy atom. The van der Waals surface area contributed by atoms with Gasteiger partial charge in [-0.2, -0.15) is 0 Å². The second-order valence-electron chi connectivity index (χ2n) is 4.61. The average molecular weight is 204 g/mol. The first-order valence-electron chi connectivity index (χ1n) is 5.71. The Bertz CT molecular complexity index is 394. The molecule has 1 N–H and O–H groups in total. The smallest absolute Gasteiger partial charge is 0.162 e. The zero-order valence-electron chi connectivity index (χ0n) is 8.99. The number of nitrogens with one attached hydrogen (secondary N) is 1. The van der Waals surface area contributed by atoms with Gasteiger partial charge in [0, 0.05) is 12.1 Å². The van der Waals surface area contributed by atoms with Gasteiger partial charge < -0.3 is 9.84 Å². The molecule has 3 nitrogen and oxygen atoms in total. The standard InChI is InChI=1S/C12H16N2O/c1-8-5-12(15-14-8)10-6-9-3-2-4-13-11(9)7-10/h5,7,9,11,13H,2-4,6H2,1H3/t9-,11+/m1/s1. The minimum atomic E-state index is 0.569. The van der Waals surface area contributed by atoms with Crippen LogP contribution in [0.4, 0.5) is 0 Å². The van der Waals surface area contributed by atoms with E-state index in [0.717, 1.165) is 30.3 Å². The SMILES string of the molecule is Cc1cc(C2=C[C@@H]3NCCC[C@@H]3C2)on1. The van der Waals surface area contributed by atoms with E-state index in [4.69, 9.17) is 4.52 Å². The number of aromatic nitrogens is 1. The van der Waals surface area contributed by atoms with Gasteiger partial charge in [-0.25, -0.2) is 0 Å². The van der Waals surface area contributed by atoms with E-state index in [1.54, 1.807) is 0 Å². The lowest BCUT2D eigenvalue weighted by Gasteiger charge is -2.25. The fourth-order valence-electron chi connectivity index (χ4n) is 2.67. The molecule has 0 bridgehead atoms. The number of hydrogen-bond donors (Lipinski definition) is 1. The molecule has 1 fully saturated rings. The minimum absolute atomic E-state index is 0.569. The largest absolute Gasteiger partial charge is 0.356 e. The summed E-state index contributed by atoms with van der Waals surface area (Å²) in [6, 6.07) is 2.60. The van der Waals surface area contributed by atoms with Gasteiger partial charge in [-0.1, -0.05) is 11.2 Å². The third-order valence-electron chi connectivity index (χ3n) is 3.45. The van der Waals surface area contributed by atoms with Crippen LogP contribution in [0.1, 0.15) is 30.7 Å². The summed E-state index contributed by atoms with van der Waals surface area (Å²) in [6.45, 7) is 3.12. The third-order valence-corrected chi connectivity index (χ3v) is 3.45. The monoisotopic (exact) mass is 204 g/mol. The van der Waals surface area contributed by atoms with Crippen molar-refractivity contribution in [1.29, 1.82) is 0 Å². The maximum Gasteiger partial charge on any atom is 0.162 e. The average Bonchev–Trinajstić information content (AvgIpc) is 2.82. The number of allylic oxidation sites excluding steroid dienone is 1. The topological polar surface area (TPSA) is 38.1 Å². The predicted octanol–water partition coefficient (Wildman–Crippen LogP) is 2.14. The van der Waals surface area contributed by atoms with E-state index < -0.39 is 0 Å². The second kappa shape index (κ2) is 3.49. The van der Waals surface area contributed by atoms with Crippen LogP contribution in [-0.4, -0.2) is 17.7 Å². The number of nitrogens with zero attached hydrogens (tertiary/aromatic N) is 1. The van der Waals surface area contributed by atoms with Gasteiger partial charge >= 0.3 is 0 Å². The molecule has 1 aliphatic heterocycles. The third kappa shape index (κ3) is 1.61. The molecule has 0 amide bonds. The quantitative estimate of drug-likeness (QED) is 0.761. The van der Waals surface area contributed by atoms with E-state index in [1.807, 2.05) is 13.0 Å². The molecule has 0 spiro atoms. The van der Waals surface area contributed by atoms with Crippen LogP contribution in [0.3, 0.4) is 0 Å². The Morgan fingerprint density at radius 3 is 3.20 bits per heavy atom. The highest BCUT2D eigenvalue weighted by Crippen LogP contribution is 2.36. The van der Waals surface area contributed by atoms with Crippen molar-refractivity contribution in [2.24, 2.45) is 5.92 Å². The molecule has 2 atom stereocenters. The van der Waals surface area contributed by atoms with Crippen LogP contribution >= 0.6 is 0 Å². The number of fused-ring (bicyclic) bond motifs is 1. The van der Waals surface area contributed by atoms with Crippen molar-refractivity contribution in [2.75, 3.05) is 6.54 Å². The zero-order chi connectivity index (χ0) is 10.3. The Morgan fingerprint density at radius 1 is 1.53 bits per heavy atom. The molecule has 15 heavy (non-hydrogen) atoms. The molecule has 2 heterocycles. The number of rotatable bonds is 1. The van der Waals surface area contributed by atoms with E-state index in [1.165, 1.54) is 18.4 Å². The van der Waals surface area contributed by atoms with E-state index in [-0.39, 0.29) is 0 Å². The van der Waals surface area contributed by atoms with E-state index in [2.05, 4.69) is 16.5 Å². The van der Waals surface area contributed by atoms with Gasteiger partial charge in [0.25, 0.3) is 0 Å². The van der Waals surface area contributed by atoms with Crippen molar-refractivity contribution < 1.29 is 4.52 Å². The lowest BCUT2D eigenvalue weighted by Crippen LogP contribution is -2.37. The molecule has 0 aromatic carbocycles. The van der Waals surface area contributed by atoms with Crippen molar-refractivity contribution in [1.82, 2.24) is 10.5 Å². The Hall–Kier alpha value is -1.09. The highest BCUT2D eigenvalue weighted by Gasteiger charge is 2.31. The Balaban J connectivity index is 1.83. The second-order valence-corrected chi connectivity index (χ2v) is 4.61. The molecule has 0 unspecified atom stereocenters. The van der Waals surface area contributed by atoms with Crippen LogP contribution in [0, 0.1) is 12.8 Å². The van der Waals surface area contributed by atoms with Gasteiger partial charge in [0.2, 0.25) is 0 Å². The van der Waals surface area contributed by atoms with Gasteiger partial charge in [-0.15, -0.1) is 0 Å². The van der Waals surface area contributed by atoms with Crippen LogP contribution in [0.25, 0.3) is 5.57 Å². The highest BCUT2D eigenvalue weighted by atomic mass is 16.5. The first-order valence-corrected chi connectivity index (χ1v) is 5.71. The number of hydrogen-bond acceptors (Lipinski definition) is 3. The maximum atomic E-state index is 5.31. The summed E-state index contributed by atoms with van der Waals surface area (Å²) < 4.78 is 5.31. The van der Waals surface area contributed by atoms with Crippen molar-refractivity contribution in [3.8, 4) is 0 Å². The predicted molar refractivity (Wildman–Crippen MR) is 58.3 cm³/mol. The van der Waals surface area contributed by atoms with Crippen molar-refractivity contribution >= 4 is 5.57 Å². The molecule has 1 aliphatic carbocycles. The van der Waals surface area contributed by atoms with Gasteiger partial charge in [-0.3, -0.25) is 0 Å². The van der Waals surface area contributed by atoms with Crippen molar-refractivity contribution in [3.63, 3.8) is 0 Å². The van der Waals surface area contributed by atoms with Gasteiger partial charge in [0.1, 0.15) is 0 Å².